The second-order valence-electron chi connectivity index (χ2n) is 4.53. The molecule has 2 N–H and O–H groups in total. The summed E-state index contributed by atoms with van der Waals surface area (Å²) in [5, 5.41) is -0.455. The lowest BCUT2D eigenvalue weighted by molar-refractivity contribution is -0.128. The monoisotopic (exact) mass is 311 g/mol. The number of amides is 1. The maximum Gasteiger partial charge on any atom is 0.316 e. The van der Waals surface area contributed by atoms with E-state index in [1.54, 1.807) is 26.0 Å². The number of hydrogen-bond acceptors (Lipinski definition) is 6. The zero-order valence-corrected chi connectivity index (χ0v) is 12.7. The van der Waals surface area contributed by atoms with Crippen molar-refractivity contribution in [2.75, 3.05) is 24.6 Å². The fraction of sp³-hybridized carbons (Fsp3) is 0.385. The second kappa shape index (κ2) is 5.72. The molecule has 0 saturated heterocycles. The van der Waals surface area contributed by atoms with Crippen LogP contribution in [0.4, 0.5) is 5.69 Å². The number of anilines is 1. The number of fused-ring (bicyclic) bond motifs is 1. The van der Waals surface area contributed by atoms with Crippen molar-refractivity contribution in [2.24, 2.45) is 0 Å². The average Bonchev–Trinajstić information content (AvgIpc) is 2.83. The zero-order chi connectivity index (χ0) is 15.6. The number of nitrogens with zero attached hydrogens (tertiary/aromatic N) is 2. The van der Waals surface area contributed by atoms with Crippen molar-refractivity contribution in [3.63, 3.8) is 0 Å². The number of aromatic nitrogens is 1. The Morgan fingerprint density at radius 2 is 2.00 bits per heavy atom. The summed E-state index contributed by atoms with van der Waals surface area (Å²) in [6, 6.07) is 4.66. The molecule has 0 radical (unpaired) electrons. The van der Waals surface area contributed by atoms with Gasteiger partial charge in [-0.1, -0.05) is 0 Å². The van der Waals surface area contributed by atoms with Gasteiger partial charge in [-0.05, 0) is 26.0 Å². The summed E-state index contributed by atoms with van der Waals surface area (Å²) in [4.78, 5) is 17.3. The maximum atomic E-state index is 12.2. The Kier molecular flexibility index (Phi) is 4.17. The van der Waals surface area contributed by atoms with Gasteiger partial charge in [0, 0.05) is 24.8 Å². The van der Waals surface area contributed by atoms with Gasteiger partial charge in [0.25, 0.3) is 0 Å². The maximum absolute atomic E-state index is 12.2. The third-order valence-electron chi connectivity index (χ3n) is 3.09. The molecule has 0 spiro atoms. The first-order valence-electron chi connectivity index (χ1n) is 6.54. The lowest BCUT2D eigenvalue weighted by Crippen LogP contribution is -2.35. The Morgan fingerprint density at radius 3 is 2.62 bits per heavy atom. The van der Waals surface area contributed by atoms with E-state index in [1.807, 2.05) is 0 Å². The number of benzene rings is 1. The number of carbonyl (C=O) groups excluding carboxylic acids is 1. The van der Waals surface area contributed by atoms with Crippen molar-refractivity contribution < 1.29 is 17.6 Å². The molecule has 114 valence electrons. The van der Waals surface area contributed by atoms with Crippen molar-refractivity contribution in [2.45, 2.75) is 19.1 Å². The molecule has 1 aromatic carbocycles. The largest absolute Gasteiger partial charge is 0.428 e. The van der Waals surface area contributed by atoms with E-state index in [0.717, 1.165) is 0 Å². The number of carbonyl (C=O) groups is 1. The van der Waals surface area contributed by atoms with Gasteiger partial charge in [-0.15, -0.1) is 0 Å². The summed E-state index contributed by atoms with van der Waals surface area (Å²) in [7, 11) is -3.91. The number of hydrogen-bond donors (Lipinski definition) is 1. The first-order valence-corrected chi connectivity index (χ1v) is 8.19. The van der Waals surface area contributed by atoms with Crippen molar-refractivity contribution in [3.05, 3.63) is 18.2 Å². The van der Waals surface area contributed by atoms with Crippen LogP contribution in [0.3, 0.4) is 0 Å². The SMILES string of the molecule is CCN(CC)C(=O)CS(=O)(=O)c1nc2ccc(N)cc2o1. The number of nitrogen functional groups attached to an aromatic ring is 1. The minimum absolute atomic E-state index is 0.281. The molecular formula is C13H17N3O4S. The summed E-state index contributed by atoms with van der Waals surface area (Å²) < 4.78 is 29.6. The summed E-state index contributed by atoms with van der Waals surface area (Å²) in [6.45, 7) is 4.48. The predicted molar refractivity (Wildman–Crippen MR) is 78.4 cm³/mol. The molecule has 1 heterocycles. The van der Waals surface area contributed by atoms with Crippen LogP contribution < -0.4 is 5.73 Å². The average molecular weight is 311 g/mol. The van der Waals surface area contributed by atoms with Crippen LogP contribution in [-0.4, -0.2) is 43.1 Å². The van der Waals surface area contributed by atoms with Crippen LogP contribution in [0.5, 0.6) is 0 Å². The highest BCUT2D eigenvalue weighted by Crippen LogP contribution is 2.21. The van der Waals surface area contributed by atoms with Gasteiger partial charge >= 0.3 is 5.22 Å². The van der Waals surface area contributed by atoms with Gasteiger partial charge in [0.15, 0.2) is 5.58 Å². The predicted octanol–water partition coefficient (Wildman–Crippen LogP) is 1.05. The molecule has 0 bridgehead atoms. The highest BCUT2D eigenvalue weighted by atomic mass is 32.2. The van der Waals surface area contributed by atoms with E-state index in [9.17, 15) is 13.2 Å². The Hall–Kier alpha value is -2.09. The van der Waals surface area contributed by atoms with E-state index in [-0.39, 0.29) is 5.58 Å². The summed E-state index contributed by atoms with van der Waals surface area (Å²) in [5.74, 6) is -1.13. The molecule has 1 aromatic heterocycles. The van der Waals surface area contributed by atoms with Crippen LogP contribution in [0.2, 0.25) is 0 Å². The standard InChI is InChI=1S/C13H17N3O4S/c1-3-16(4-2)12(17)8-21(18,19)13-15-10-6-5-9(14)7-11(10)20-13/h5-7H,3-4,8,14H2,1-2H3. The minimum Gasteiger partial charge on any atom is -0.428 e. The van der Waals surface area contributed by atoms with Crippen molar-refractivity contribution in [1.82, 2.24) is 9.88 Å². The van der Waals surface area contributed by atoms with E-state index >= 15 is 0 Å². The van der Waals surface area contributed by atoms with Crippen LogP contribution in [0.15, 0.2) is 27.8 Å². The molecule has 0 aliphatic rings. The highest BCUT2D eigenvalue weighted by molar-refractivity contribution is 7.91. The molecule has 0 atom stereocenters. The Bertz CT molecular complexity index is 763. The fourth-order valence-electron chi connectivity index (χ4n) is 1.94. The summed E-state index contributed by atoms with van der Waals surface area (Å²) in [5.41, 5.74) is 6.72. The molecule has 0 aliphatic carbocycles. The van der Waals surface area contributed by atoms with Gasteiger partial charge in [0.05, 0.1) is 0 Å². The van der Waals surface area contributed by atoms with Gasteiger partial charge in [-0.25, -0.2) is 8.42 Å². The number of nitrogens with two attached hydrogens (primary N) is 1. The van der Waals surface area contributed by atoms with E-state index in [4.69, 9.17) is 10.2 Å². The van der Waals surface area contributed by atoms with E-state index < -0.39 is 26.7 Å². The molecule has 0 unspecified atom stereocenters. The second-order valence-corrected chi connectivity index (χ2v) is 6.40. The third-order valence-corrected chi connectivity index (χ3v) is 4.42. The van der Waals surface area contributed by atoms with Crippen LogP contribution in [-0.2, 0) is 14.6 Å². The van der Waals surface area contributed by atoms with Crippen LogP contribution in [0.1, 0.15) is 13.8 Å². The smallest absolute Gasteiger partial charge is 0.316 e. The summed E-state index contributed by atoms with van der Waals surface area (Å²) in [6.07, 6.45) is 0. The molecule has 0 saturated carbocycles. The molecule has 2 rings (SSSR count). The van der Waals surface area contributed by atoms with Gasteiger partial charge in [-0.3, -0.25) is 4.79 Å². The van der Waals surface area contributed by atoms with E-state index in [1.165, 1.54) is 11.0 Å². The van der Waals surface area contributed by atoms with Crippen LogP contribution in [0.25, 0.3) is 11.1 Å². The van der Waals surface area contributed by atoms with Crippen molar-refractivity contribution in [3.8, 4) is 0 Å². The summed E-state index contributed by atoms with van der Waals surface area (Å²) >= 11 is 0. The third kappa shape index (κ3) is 3.15. The van der Waals surface area contributed by atoms with Crippen molar-refractivity contribution in [1.29, 1.82) is 0 Å². The minimum atomic E-state index is -3.91. The van der Waals surface area contributed by atoms with Crippen molar-refractivity contribution >= 4 is 32.5 Å². The van der Waals surface area contributed by atoms with Gasteiger partial charge < -0.3 is 15.1 Å². The normalized spacial score (nSPS) is 11.7. The Balaban J connectivity index is 2.31. The van der Waals surface area contributed by atoms with Gasteiger partial charge in [-0.2, -0.15) is 4.98 Å². The van der Waals surface area contributed by atoms with Gasteiger partial charge in [0.1, 0.15) is 11.3 Å². The molecule has 7 nitrogen and oxygen atoms in total. The lowest BCUT2D eigenvalue weighted by atomic mass is 10.3. The Morgan fingerprint density at radius 1 is 1.33 bits per heavy atom. The zero-order valence-electron chi connectivity index (χ0n) is 11.9. The first kappa shape index (κ1) is 15.3. The van der Waals surface area contributed by atoms with E-state index in [0.29, 0.717) is 24.3 Å². The first-order chi connectivity index (χ1) is 9.87. The number of oxazole rings is 1. The topological polar surface area (TPSA) is 106 Å². The van der Waals surface area contributed by atoms with Crippen LogP contribution >= 0.6 is 0 Å². The number of sulfone groups is 1. The molecule has 1 amide bonds. The molecule has 21 heavy (non-hydrogen) atoms. The van der Waals surface area contributed by atoms with Crippen LogP contribution in [0, 0.1) is 0 Å². The lowest BCUT2D eigenvalue weighted by Gasteiger charge is -2.17. The molecule has 0 fully saturated rings. The molecule has 8 heteroatoms. The van der Waals surface area contributed by atoms with Gasteiger partial charge in [0.2, 0.25) is 15.7 Å². The van der Waals surface area contributed by atoms with E-state index in [2.05, 4.69) is 4.98 Å². The molecule has 0 aliphatic heterocycles. The quantitative estimate of drug-likeness (QED) is 0.827. The number of rotatable bonds is 5. The Labute approximate surface area is 122 Å². The molecular weight excluding hydrogens is 294 g/mol. The highest BCUT2D eigenvalue weighted by Gasteiger charge is 2.27. The molecule has 2 aromatic rings. The fourth-order valence-corrected chi connectivity index (χ4v) is 3.03.